The van der Waals surface area contributed by atoms with Gasteiger partial charge < -0.3 is 5.11 Å². The molecule has 0 bridgehead atoms. The van der Waals surface area contributed by atoms with Crippen LogP contribution in [-0.4, -0.2) is 28.7 Å². The molecule has 0 aliphatic carbocycles. The summed E-state index contributed by atoms with van der Waals surface area (Å²) in [5.41, 5.74) is 1.01. The number of carbonyl (C=O) groups excluding carboxylic acids is 1. The van der Waals surface area contributed by atoms with Gasteiger partial charge in [0.25, 0.3) is 0 Å². The first-order valence-corrected chi connectivity index (χ1v) is 5.41. The van der Waals surface area contributed by atoms with E-state index in [0.29, 0.717) is 19.4 Å². The molecule has 1 aliphatic rings. The van der Waals surface area contributed by atoms with E-state index < -0.39 is 0 Å². The molecule has 1 saturated heterocycles. The molecule has 1 aliphatic heterocycles. The SMILES string of the molecule is O=C1CCC(CO)N1OCc1ccccc1. The summed E-state index contributed by atoms with van der Waals surface area (Å²) in [6.45, 7) is 0.323. The number of amides is 1. The number of rotatable bonds is 4. The highest BCUT2D eigenvalue weighted by atomic mass is 16.7. The summed E-state index contributed by atoms with van der Waals surface area (Å²) in [5, 5.41) is 10.4. The average Bonchev–Trinajstić information content (AvgIpc) is 2.69. The van der Waals surface area contributed by atoms with E-state index in [1.54, 1.807) is 0 Å². The molecule has 86 valence electrons. The summed E-state index contributed by atoms with van der Waals surface area (Å²) >= 11 is 0. The molecule has 1 amide bonds. The zero-order valence-corrected chi connectivity index (χ0v) is 9.00. The summed E-state index contributed by atoms with van der Waals surface area (Å²) in [4.78, 5) is 16.9. The van der Waals surface area contributed by atoms with Gasteiger partial charge in [0.15, 0.2) is 0 Å². The second-order valence-corrected chi connectivity index (χ2v) is 3.85. The van der Waals surface area contributed by atoms with Crippen molar-refractivity contribution in [1.82, 2.24) is 5.06 Å². The molecule has 1 aromatic carbocycles. The van der Waals surface area contributed by atoms with E-state index in [1.165, 1.54) is 5.06 Å². The third kappa shape index (κ3) is 2.40. The lowest BCUT2D eigenvalue weighted by molar-refractivity contribution is -0.198. The number of hydrogen-bond donors (Lipinski definition) is 1. The van der Waals surface area contributed by atoms with Crippen LogP contribution in [-0.2, 0) is 16.2 Å². The molecule has 1 heterocycles. The van der Waals surface area contributed by atoms with E-state index in [4.69, 9.17) is 9.94 Å². The maximum absolute atomic E-state index is 11.5. The Morgan fingerprint density at radius 2 is 2.12 bits per heavy atom. The molecular weight excluding hydrogens is 206 g/mol. The molecule has 0 aromatic heterocycles. The minimum atomic E-state index is -0.184. The van der Waals surface area contributed by atoms with E-state index >= 15 is 0 Å². The molecule has 1 fully saturated rings. The largest absolute Gasteiger partial charge is 0.394 e. The molecule has 16 heavy (non-hydrogen) atoms. The van der Waals surface area contributed by atoms with Crippen LogP contribution >= 0.6 is 0 Å². The number of carbonyl (C=O) groups is 1. The third-order valence-corrected chi connectivity index (χ3v) is 2.69. The van der Waals surface area contributed by atoms with Crippen LogP contribution in [0.1, 0.15) is 18.4 Å². The minimum absolute atomic E-state index is 0.0411. The molecule has 1 aromatic rings. The fraction of sp³-hybridized carbons (Fsp3) is 0.417. The Balaban J connectivity index is 1.92. The zero-order valence-electron chi connectivity index (χ0n) is 9.00. The van der Waals surface area contributed by atoms with Crippen LogP contribution in [0.3, 0.4) is 0 Å². The first kappa shape index (κ1) is 11.1. The Bertz CT molecular complexity index is 353. The second kappa shape index (κ2) is 5.09. The predicted octanol–water partition coefficient (Wildman–Crippen LogP) is 1.10. The zero-order chi connectivity index (χ0) is 11.4. The highest BCUT2D eigenvalue weighted by molar-refractivity contribution is 5.77. The van der Waals surface area contributed by atoms with Crippen LogP contribution in [0.25, 0.3) is 0 Å². The fourth-order valence-electron chi connectivity index (χ4n) is 1.78. The lowest BCUT2D eigenvalue weighted by Gasteiger charge is -2.22. The van der Waals surface area contributed by atoms with Crippen LogP contribution < -0.4 is 0 Å². The molecule has 0 saturated carbocycles. The Kier molecular flexibility index (Phi) is 3.54. The summed E-state index contributed by atoms with van der Waals surface area (Å²) in [5.74, 6) is -0.0463. The van der Waals surface area contributed by atoms with Gasteiger partial charge >= 0.3 is 0 Å². The molecular formula is C12H15NO3. The Hall–Kier alpha value is -1.39. The molecule has 0 radical (unpaired) electrons. The van der Waals surface area contributed by atoms with Crippen LogP contribution in [0.4, 0.5) is 0 Å². The average molecular weight is 221 g/mol. The number of aliphatic hydroxyl groups excluding tert-OH is 1. The van der Waals surface area contributed by atoms with Crippen molar-refractivity contribution in [1.29, 1.82) is 0 Å². The molecule has 4 heteroatoms. The van der Waals surface area contributed by atoms with E-state index in [0.717, 1.165) is 5.56 Å². The predicted molar refractivity (Wildman–Crippen MR) is 58.2 cm³/mol. The van der Waals surface area contributed by atoms with Gasteiger partial charge in [-0.3, -0.25) is 9.63 Å². The Morgan fingerprint density at radius 1 is 1.38 bits per heavy atom. The van der Waals surface area contributed by atoms with Crippen molar-refractivity contribution in [3.8, 4) is 0 Å². The summed E-state index contributed by atoms with van der Waals surface area (Å²) < 4.78 is 0. The van der Waals surface area contributed by atoms with Crippen LogP contribution in [0.15, 0.2) is 30.3 Å². The lowest BCUT2D eigenvalue weighted by atomic mass is 10.2. The smallest absolute Gasteiger partial charge is 0.246 e. The van der Waals surface area contributed by atoms with Crippen LogP contribution in [0.5, 0.6) is 0 Å². The summed E-state index contributed by atoms with van der Waals surface area (Å²) in [6, 6.07) is 9.47. The van der Waals surface area contributed by atoms with Gasteiger partial charge in [-0.05, 0) is 12.0 Å². The number of benzene rings is 1. The standard InChI is InChI=1S/C12H15NO3/c14-8-11-6-7-12(15)13(11)16-9-10-4-2-1-3-5-10/h1-5,11,14H,6-9H2. The van der Waals surface area contributed by atoms with E-state index in [2.05, 4.69) is 0 Å². The van der Waals surface area contributed by atoms with Gasteiger partial charge in [0, 0.05) is 6.42 Å². The van der Waals surface area contributed by atoms with Crippen molar-refractivity contribution in [3.63, 3.8) is 0 Å². The number of hydroxylamine groups is 2. The lowest BCUT2D eigenvalue weighted by Crippen LogP contribution is -2.35. The molecule has 0 spiro atoms. The molecule has 1 atom stereocenters. The molecule has 4 nitrogen and oxygen atoms in total. The first-order chi connectivity index (χ1) is 7.81. The molecule has 2 rings (SSSR count). The van der Waals surface area contributed by atoms with Crippen LogP contribution in [0, 0.1) is 0 Å². The number of hydrogen-bond acceptors (Lipinski definition) is 3. The monoisotopic (exact) mass is 221 g/mol. The number of nitrogens with zero attached hydrogens (tertiary/aromatic N) is 1. The molecule has 1 unspecified atom stereocenters. The third-order valence-electron chi connectivity index (χ3n) is 2.69. The second-order valence-electron chi connectivity index (χ2n) is 3.85. The first-order valence-electron chi connectivity index (χ1n) is 5.41. The fourth-order valence-corrected chi connectivity index (χ4v) is 1.78. The van der Waals surface area contributed by atoms with Crippen molar-refractivity contribution < 1.29 is 14.7 Å². The van der Waals surface area contributed by atoms with E-state index in [-0.39, 0.29) is 18.6 Å². The Morgan fingerprint density at radius 3 is 2.81 bits per heavy atom. The number of aliphatic hydroxyl groups is 1. The topological polar surface area (TPSA) is 49.8 Å². The minimum Gasteiger partial charge on any atom is -0.394 e. The highest BCUT2D eigenvalue weighted by Crippen LogP contribution is 2.19. The van der Waals surface area contributed by atoms with Gasteiger partial charge in [0.05, 0.1) is 12.6 Å². The van der Waals surface area contributed by atoms with Crippen molar-refractivity contribution in [2.24, 2.45) is 0 Å². The maximum atomic E-state index is 11.5. The summed E-state index contributed by atoms with van der Waals surface area (Å²) in [7, 11) is 0. The van der Waals surface area contributed by atoms with E-state index in [1.807, 2.05) is 30.3 Å². The van der Waals surface area contributed by atoms with Crippen molar-refractivity contribution in [2.45, 2.75) is 25.5 Å². The quantitative estimate of drug-likeness (QED) is 0.828. The molecule has 1 N–H and O–H groups in total. The Labute approximate surface area is 94.4 Å². The maximum Gasteiger partial charge on any atom is 0.246 e. The van der Waals surface area contributed by atoms with Crippen molar-refractivity contribution in [3.05, 3.63) is 35.9 Å². The van der Waals surface area contributed by atoms with Crippen molar-refractivity contribution >= 4 is 5.91 Å². The van der Waals surface area contributed by atoms with Gasteiger partial charge in [-0.1, -0.05) is 30.3 Å². The van der Waals surface area contributed by atoms with Crippen molar-refractivity contribution in [2.75, 3.05) is 6.61 Å². The van der Waals surface area contributed by atoms with Gasteiger partial charge in [0.2, 0.25) is 5.91 Å². The highest BCUT2D eigenvalue weighted by Gasteiger charge is 2.31. The van der Waals surface area contributed by atoms with Gasteiger partial charge in [-0.2, -0.15) is 0 Å². The van der Waals surface area contributed by atoms with Gasteiger partial charge in [-0.15, -0.1) is 0 Å². The van der Waals surface area contributed by atoms with E-state index in [9.17, 15) is 4.79 Å². The van der Waals surface area contributed by atoms with Gasteiger partial charge in [-0.25, -0.2) is 5.06 Å². The van der Waals surface area contributed by atoms with Gasteiger partial charge in [0.1, 0.15) is 6.61 Å². The normalized spacial score (nSPS) is 20.4. The van der Waals surface area contributed by atoms with Crippen LogP contribution in [0.2, 0.25) is 0 Å². The summed E-state index contributed by atoms with van der Waals surface area (Å²) in [6.07, 6.45) is 1.13.